The monoisotopic (exact) mass is 335 g/mol. The molecule has 22 heavy (non-hydrogen) atoms. The highest BCUT2D eigenvalue weighted by molar-refractivity contribution is 7.80. The third-order valence-corrected chi connectivity index (χ3v) is 4.07. The maximum atomic E-state index is 13.4. The Hall–Kier alpha value is -1.70. The minimum absolute atomic E-state index is 0.144. The number of nitrogens with zero attached hydrogens (tertiary/aromatic N) is 1. The standard InChI is InChI=1S/C14H13F4NO2S/c1-3-21-13(20)10-11(19(2)12(10)22)7-4-5-9(15)8(6-7)14(16,17)18/h4-6,10-11H,3H2,1-2H3. The summed E-state index contributed by atoms with van der Waals surface area (Å²) in [5, 5.41) is 0. The molecule has 1 aromatic rings. The molecule has 120 valence electrons. The van der Waals surface area contributed by atoms with Gasteiger partial charge in [-0.2, -0.15) is 13.2 Å². The first-order valence-electron chi connectivity index (χ1n) is 6.48. The minimum Gasteiger partial charge on any atom is -0.465 e. The first-order chi connectivity index (χ1) is 10.2. The van der Waals surface area contributed by atoms with Crippen LogP contribution in [0.2, 0.25) is 0 Å². The highest BCUT2D eigenvalue weighted by Gasteiger charge is 2.48. The van der Waals surface area contributed by atoms with Crippen LogP contribution in [0.25, 0.3) is 0 Å². The molecule has 1 aliphatic rings. The van der Waals surface area contributed by atoms with Gasteiger partial charge in [0.25, 0.3) is 0 Å². The highest BCUT2D eigenvalue weighted by atomic mass is 32.1. The van der Waals surface area contributed by atoms with Crippen molar-refractivity contribution in [2.75, 3.05) is 13.7 Å². The number of likely N-dealkylation sites (tertiary alicyclic amines) is 1. The van der Waals surface area contributed by atoms with Crippen LogP contribution >= 0.6 is 12.2 Å². The van der Waals surface area contributed by atoms with E-state index in [1.54, 1.807) is 14.0 Å². The van der Waals surface area contributed by atoms with Gasteiger partial charge in [0.05, 0.1) is 23.2 Å². The molecule has 0 aromatic heterocycles. The SMILES string of the molecule is CCOC(=O)C1C(=S)N(C)C1c1ccc(F)c(C(F)(F)F)c1. The third kappa shape index (κ3) is 2.79. The molecular weight excluding hydrogens is 322 g/mol. The summed E-state index contributed by atoms with van der Waals surface area (Å²) in [5.74, 6) is -2.77. The molecule has 1 aliphatic heterocycles. The van der Waals surface area contributed by atoms with Crippen LogP contribution in [0.1, 0.15) is 24.1 Å². The summed E-state index contributed by atoms with van der Waals surface area (Å²) in [5.41, 5.74) is -1.19. The van der Waals surface area contributed by atoms with Crippen molar-refractivity contribution >= 4 is 23.2 Å². The lowest BCUT2D eigenvalue weighted by Crippen LogP contribution is -2.55. The lowest BCUT2D eigenvalue weighted by Gasteiger charge is -2.46. The topological polar surface area (TPSA) is 29.5 Å². The number of thiocarbonyl (C=S) groups is 1. The van der Waals surface area contributed by atoms with Gasteiger partial charge < -0.3 is 9.64 Å². The largest absolute Gasteiger partial charge is 0.465 e. The molecule has 1 saturated heterocycles. The van der Waals surface area contributed by atoms with E-state index < -0.39 is 35.5 Å². The van der Waals surface area contributed by atoms with E-state index in [9.17, 15) is 22.4 Å². The maximum Gasteiger partial charge on any atom is 0.419 e. The summed E-state index contributed by atoms with van der Waals surface area (Å²) >= 11 is 5.06. The Kier molecular flexibility index (Phi) is 4.42. The number of rotatable bonds is 3. The fourth-order valence-corrected chi connectivity index (χ4v) is 2.79. The van der Waals surface area contributed by atoms with Crippen molar-refractivity contribution < 1.29 is 27.1 Å². The van der Waals surface area contributed by atoms with E-state index in [0.29, 0.717) is 11.1 Å². The molecule has 8 heteroatoms. The van der Waals surface area contributed by atoms with Gasteiger partial charge in [0.1, 0.15) is 11.7 Å². The van der Waals surface area contributed by atoms with Gasteiger partial charge in [-0.05, 0) is 24.6 Å². The van der Waals surface area contributed by atoms with Gasteiger partial charge in [-0.1, -0.05) is 18.3 Å². The number of carbonyl (C=O) groups excluding carboxylic acids is 1. The predicted molar refractivity (Wildman–Crippen MR) is 74.6 cm³/mol. The Morgan fingerprint density at radius 3 is 2.59 bits per heavy atom. The molecule has 0 aliphatic carbocycles. The van der Waals surface area contributed by atoms with Crippen LogP contribution in [0.5, 0.6) is 0 Å². The van der Waals surface area contributed by atoms with Crippen molar-refractivity contribution in [2.45, 2.75) is 19.1 Å². The molecule has 1 heterocycles. The molecule has 0 saturated carbocycles. The van der Waals surface area contributed by atoms with E-state index in [0.717, 1.165) is 6.07 Å². The second kappa shape index (κ2) is 5.83. The normalized spacial score (nSPS) is 21.5. The lowest BCUT2D eigenvalue weighted by molar-refractivity contribution is -0.149. The summed E-state index contributed by atoms with van der Waals surface area (Å²) in [6, 6.07) is 1.99. The van der Waals surface area contributed by atoms with Crippen LogP contribution in [-0.4, -0.2) is 29.5 Å². The van der Waals surface area contributed by atoms with Gasteiger partial charge in [-0.25, -0.2) is 4.39 Å². The molecule has 3 nitrogen and oxygen atoms in total. The van der Waals surface area contributed by atoms with Crippen LogP contribution in [0.4, 0.5) is 17.6 Å². The van der Waals surface area contributed by atoms with Gasteiger partial charge in [-0.15, -0.1) is 0 Å². The van der Waals surface area contributed by atoms with Crippen molar-refractivity contribution in [2.24, 2.45) is 5.92 Å². The van der Waals surface area contributed by atoms with Crippen molar-refractivity contribution in [3.63, 3.8) is 0 Å². The van der Waals surface area contributed by atoms with Crippen LogP contribution in [-0.2, 0) is 15.7 Å². The molecule has 0 N–H and O–H groups in total. The van der Waals surface area contributed by atoms with Crippen molar-refractivity contribution in [3.05, 3.63) is 35.1 Å². The number of ether oxygens (including phenoxy) is 1. The van der Waals surface area contributed by atoms with Crippen LogP contribution in [0.3, 0.4) is 0 Å². The summed E-state index contributed by atoms with van der Waals surface area (Å²) in [4.78, 5) is 13.7. The molecular formula is C14H13F4NO2S. The van der Waals surface area contributed by atoms with E-state index in [-0.39, 0.29) is 12.2 Å². The van der Waals surface area contributed by atoms with E-state index in [4.69, 9.17) is 17.0 Å². The van der Waals surface area contributed by atoms with Crippen LogP contribution in [0, 0.1) is 11.7 Å². The molecule has 1 fully saturated rings. The summed E-state index contributed by atoms with van der Waals surface area (Å²) in [7, 11) is 1.57. The average molecular weight is 335 g/mol. The van der Waals surface area contributed by atoms with E-state index >= 15 is 0 Å². The van der Waals surface area contributed by atoms with Crippen LogP contribution in [0.15, 0.2) is 18.2 Å². The molecule has 0 spiro atoms. The zero-order valence-corrected chi connectivity index (χ0v) is 12.6. The summed E-state index contributed by atoms with van der Waals surface area (Å²) < 4.78 is 56.6. The quantitative estimate of drug-likeness (QED) is 0.481. The van der Waals surface area contributed by atoms with Gasteiger partial charge in [0, 0.05) is 7.05 Å². The fraction of sp³-hybridized carbons (Fsp3) is 0.429. The Morgan fingerprint density at radius 2 is 2.05 bits per heavy atom. The summed E-state index contributed by atoms with van der Waals surface area (Å²) in [6.07, 6.45) is -4.80. The minimum atomic E-state index is -4.80. The number of halogens is 4. The Bertz CT molecular complexity index is 617. The number of alkyl halides is 3. The first-order valence-corrected chi connectivity index (χ1v) is 6.89. The van der Waals surface area contributed by atoms with E-state index in [1.165, 1.54) is 11.0 Å². The zero-order chi connectivity index (χ0) is 16.7. The molecule has 0 bridgehead atoms. The van der Waals surface area contributed by atoms with Gasteiger partial charge >= 0.3 is 12.1 Å². The number of carbonyl (C=O) groups is 1. The summed E-state index contributed by atoms with van der Waals surface area (Å²) in [6.45, 7) is 1.77. The first kappa shape index (κ1) is 16.7. The second-order valence-corrected chi connectivity index (χ2v) is 5.28. The van der Waals surface area contributed by atoms with Crippen molar-refractivity contribution in [3.8, 4) is 0 Å². The predicted octanol–water partition coefficient (Wildman–Crippen LogP) is 3.34. The van der Waals surface area contributed by atoms with Crippen molar-refractivity contribution in [1.29, 1.82) is 0 Å². The number of esters is 1. The molecule has 1 aromatic carbocycles. The van der Waals surface area contributed by atoms with Crippen LogP contribution < -0.4 is 0 Å². The van der Waals surface area contributed by atoms with Crippen molar-refractivity contribution in [1.82, 2.24) is 4.90 Å². The number of benzene rings is 1. The van der Waals surface area contributed by atoms with E-state index in [1.807, 2.05) is 0 Å². The molecule has 2 atom stereocenters. The van der Waals surface area contributed by atoms with E-state index in [2.05, 4.69) is 0 Å². The Balaban J connectivity index is 2.38. The maximum absolute atomic E-state index is 13.4. The third-order valence-electron chi connectivity index (χ3n) is 3.52. The highest BCUT2D eigenvalue weighted by Crippen LogP contribution is 2.42. The molecule has 0 radical (unpaired) electrons. The van der Waals surface area contributed by atoms with Gasteiger partial charge in [0.2, 0.25) is 0 Å². The average Bonchev–Trinajstić information content (AvgIpc) is 2.43. The molecule has 0 amide bonds. The fourth-order valence-electron chi connectivity index (χ4n) is 2.45. The number of hydrogen-bond acceptors (Lipinski definition) is 3. The lowest BCUT2D eigenvalue weighted by atomic mass is 9.83. The smallest absolute Gasteiger partial charge is 0.419 e. The zero-order valence-electron chi connectivity index (χ0n) is 11.8. The Labute approximate surface area is 129 Å². The van der Waals surface area contributed by atoms with Gasteiger partial charge in [-0.3, -0.25) is 4.79 Å². The number of hydrogen-bond donors (Lipinski definition) is 0. The molecule has 2 rings (SSSR count). The second-order valence-electron chi connectivity index (χ2n) is 4.86. The Morgan fingerprint density at radius 1 is 1.41 bits per heavy atom. The van der Waals surface area contributed by atoms with Gasteiger partial charge in [0.15, 0.2) is 0 Å². The molecule has 2 unspecified atom stereocenters.